The molecule has 1 unspecified atom stereocenters. The maximum absolute atomic E-state index is 11.2. The number of amides is 1. The van der Waals surface area contributed by atoms with Gasteiger partial charge in [-0.1, -0.05) is 6.07 Å². The third-order valence-corrected chi connectivity index (χ3v) is 3.31. The van der Waals surface area contributed by atoms with Crippen LogP contribution in [0, 0.1) is 6.92 Å². The van der Waals surface area contributed by atoms with Crippen LogP contribution in [0.25, 0.3) is 0 Å². The normalized spacial score (nSPS) is 18.5. The summed E-state index contributed by atoms with van der Waals surface area (Å²) in [5, 5.41) is 2.82. The van der Waals surface area contributed by atoms with Crippen molar-refractivity contribution in [3.05, 3.63) is 23.4 Å². The van der Waals surface area contributed by atoms with Crippen LogP contribution in [-0.4, -0.2) is 37.3 Å². The number of carbonyl (C=O) groups is 1. The Labute approximate surface area is 112 Å². The summed E-state index contributed by atoms with van der Waals surface area (Å²) in [5.41, 5.74) is 7.75. The third-order valence-electron chi connectivity index (χ3n) is 3.31. The van der Waals surface area contributed by atoms with Crippen LogP contribution in [0.4, 0.5) is 10.6 Å². The Kier molecular flexibility index (Phi) is 4.21. The fraction of sp³-hybridized carbons (Fsp3) is 0.538. The summed E-state index contributed by atoms with van der Waals surface area (Å²) in [6, 6.07) is 4.07. The number of carbonyl (C=O) groups excluding carboxylic acids is 1. The van der Waals surface area contributed by atoms with E-state index in [4.69, 9.17) is 5.73 Å². The van der Waals surface area contributed by atoms with E-state index in [2.05, 4.69) is 19.9 Å². The monoisotopic (exact) mass is 264 g/mol. The fourth-order valence-electron chi connectivity index (χ4n) is 2.30. The number of ether oxygens (including phenoxy) is 1. The summed E-state index contributed by atoms with van der Waals surface area (Å²) >= 11 is 0. The average molecular weight is 264 g/mol. The summed E-state index contributed by atoms with van der Waals surface area (Å²) in [6.45, 7) is 4.02. The van der Waals surface area contributed by atoms with Gasteiger partial charge in [0, 0.05) is 30.9 Å². The Morgan fingerprint density at radius 1 is 1.63 bits per heavy atom. The molecular weight excluding hydrogens is 244 g/mol. The number of pyridine rings is 1. The number of rotatable bonds is 3. The SMILES string of the molecule is COC(=O)NC1CCN(c2nc(C)ccc2CN)C1. The van der Waals surface area contributed by atoms with Crippen LogP contribution in [0.1, 0.15) is 17.7 Å². The molecule has 0 aliphatic carbocycles. The van der Waals surface area contributed by atoms with Crippen molar-refractivity contribution in [2.45, 2.75) is 25.9 Å². The number of methoxy groups -OCH3 is 1. The van der Waals surface area contributed by atoms with E-state index in [1.165, 1.54) is 7.11 Å². The summed E-state index contributed by atoms with van der Waals surface area (Å²) in [6.07, 6.45) is 0.498. The summed E-state index contributed by atoms with van der Waals surface area (Å²) in [5.74, 6) is 0.927. The van der Waals surface area contributed by atoms with Crippen molar-refractivity contribution in [1.82, 2.24) is 10.3 Å². The molecular formula is C13H20N4O2. The van der Waals surface area contributed by atoms with Crippen molar-refractivity contribution in [2.75, 3.05) is 25.1 Å². The number of alkyl carbamates (subject to hydrolysis) is 1. The quantitative estimate of drug-likeness (QED) is 0.843. The highest BCUT2D eigenvalue weighted by Gasteiger charge is 2.26. The molecule has 1 aromatic heterocycles. The third kappa shape index (κ3) is 3.14. The number of nitrogens with one attached hydrogen (secondary N) is 1. The molecule has 6 nitrogen and oxygen atoms in total. The number of nitrogens with zero attached hydrogens (tertiary/aromatic N) is 2. The maximum Gasteiger partial charge on any atom is 0.407 e. The van der Waals surface area contributed by atoms with Gasteiger partial charge in [0.25, 0.3) is 0 Å². The number of aryl methyl sites for hydroxylation is 1. The Morgan fingerprint density at radius 3 is 3.11 bits per heavy atom. The van der Waals surface area contributed by atoms with Crippen LogP contribution in [0.3, 0.4) is 0 Å². The maximum atomic E-state index is 11.2. The van der Waals surface area contributed by atoms with Gasteiger partial charge in [0.15, 0.2) is 0 Å². The standard InChI is InChI=1S/C13H20N4O2/c1-9-3-4-10(7-14)12(15-9)17-6-5-11(8-17)16-13(18)19-2/h3-4,11H,5-8,14H2,1-2H3,(H,16,18). The first-order valence-electron chi connectivity index (χ1n) is 6.40. The Hall–Kier alpha value is -1.82. The molecule has 1 aliphatic heterocycles. The van der Waals surface area contributed by atoms with Gasteiger partial charge in [0.05, 0.1) is 13.2 Å². The molecule has 104 valence electrons. The first-order chi connectivity index (χ1) is 9.13. The Morgan fingerprint density at radius 2 is 2.42 bits per heavy atom. The molecule has 1 atom stereocenters. The van der Waals surface area contributed by atoms with Crippen LogP contribution in [0.5, 0.6) is 0 Å². The van der Waals surface area contributed by atoms with Gasteiger partial charge in [-0.25, -0.2) is 9.78 Å². The minimum atomic E-state index is -0.386. The molecule has 19 heavy (non-hydrogen) atoms. The lowest BCUT2D eigenvalue weighted by molar-refractivity contribution is 0.167. The van der Waals surface area contributed by atoms with Crippen molar-refractivity contribution in [1.29, 1.82) is 0 Å². The van der Waals surface area contributed by atoms with Crippen molar-refractivity contribution in [3.8, 4) is 0 Å². The smallest absolute Gasteiger partial charge is 0.407 e. The predicted octanol–water partition coefficient (Wildman–Crippen LogP) is 0.783. The molecule has 2 rings (SSSR count). The van der Waals surface area contributed by atoms with E-state index in [-0.39, 0.29) is 12.1 Å². The Bertz CT molecular complexity index is 464. The van der Waals surface area contributed by atoms with Gasteiger partial charge < -0.3 is 20.7 Å². The van der Waals surface area contributed by atoms with Crippen molar-refractivity contribution < 1.29 is 9.53 Å². The van der Waals surface area contributed by atoms with Gasteiger partial charge in [0.2, 0.25) is 0 Å². The number of hydrogen-bond donors (Lipinski definition) is 2. The molecule has 3 N–H and O–H groups in total. The van der Waals surface area contributed by atoms with Crippen LogP contribution in [0.2, 0.25) is 0 Å². The Balaban J connectivity index is 2.08. The van der Waals surface area contributed by atoms with Crippen LogP contribution in [-0.2, 0) is 11.3 Å². The van der Waals surface area contributed by atoms with Crippen LogP contribution in [0.15, 0.2) is 12.1 Å². The zero-order valence-corrected chi connectivity index (χ0v) is 11.3. The molecule has 0 bridgehead atoms. The lowest BCUT2D eigenvalue weighted by Crippen LogP contribution is -2.37. The average Bonchev–Trinajstić information content (AvgIpc) is 2.86. The molecule has 1 aliphatic rings. The highest BCUT2D eigenvalue weighted by Crippen LogP contribution is 2.22. The second-order valence-corrected chi connectivity index (χ2v) is 4.71. The number of hydrogen-bond acceptors (Lipinski definition) is 5. The van der Waals surface area contributed by atoms with Gasteiger partial charge in [-0.2, -0.15) is 0 Å². The zero-order valence-electron chi connectivity index (χ0n) is 11.3. The van der Waals surface area contributed by atoms with Gasteiger partial charge >= 0.3 is 6.09 Å². The number of anilines is 1. The number of aromatic nitrogens is 1. The summed E-state index contributed by atoms with van der Waals surface area (Å²) in [4.78, 5) is 17.9. The van der Waals surface area contributed by atoms with Crippen molar-refractivity contribution in [3.63, 3.8) is 0 Å². The second-order valence-electron chi connectivity index (χ2n) is 4.71. The van der Waals surface area contributed by atoms with Gasteiger partial charge in [0.1, 0.15) is 5.82 Å². The van der Waals surface area contributed by atoms with E-state index in [9.17, 15) is 4.79 Å². The second kappa shape index (κ2) is 5.88. The molecule has 0 aromatic carbocycles. The zero-order chi connectivity index (χ0) is 13.8. The van der Waals surface area contributed by atoms with E-state index in [0.29, 0.717) is 6.54 Å². The van der Waals surface area contributed by atoms with E-state index in [0.717, 1.165) is 36.6 Å². The molecule has 0 radical (unpaired) electrons. The van der Waals surface area contributed by atoms with Crippen molar-refractivity contribution in [2.24, 2.45) is 5.73 Å². The van der Waals surface area contributed by atoms with Crippen LogP contribution < -0.4 is 16.0 Å². The van der Waals surface area contributed by atoms with E-state index >= 15 is 0 Å². The highest BCUT2D eigenvalue weighted by atomic mass is 16.5. The molecule has 6 heteroatoms. The molecule has 1 saturated heterocycles. The van der Waals surface area contributed by atoms with E-state index in [1.807, 2.05) is 19.1 Å². The van der Waals surface area contributed by atoms with Gasteiger partial charge in [-0.3, -0.25) is 0 Å². The minimum Gasteiger partial charge on any atom is -0.453 e. The fourth-order valence-corrected chi connectivity index (χ4v) is 2.30. The molecule has 1 amide bonds. The molecule has 2 heterocycles. The first-order valence-corrected chi connectivity index (χ1v) is 6.40. The van der Waals surface area contributed by atoms with Gasteiger partial charge in [-0.05, 0) is 19.4 Å². The summed E-state index contributed by atoms with van der Waals surface area (Å²) in [7, 11) is 1.37. The predicted molar refractivity (Wildman–Crippen MR) is 73.0 cm³/mol. The number of nitrogens with two attached hydrogens (primary N) is 1. The molecule has 1 aromatic rings. The molecule has 0 spiro atoms. The first kappa shape index (κ1) is 13.6. The highest BCUT2D eigenvalue weighted by molar-refractivity contribution is 5.67. The lowest BCUT2D eigenvalue weighted by Gasteiger charge is -2.21. The van der Waals surface area contributed by atoms with Gasteiger partial charge in [-0.15, -0.1) is 0 Å². The summed E-state index contributed by atoms with van der Waals surface area (Å²) < 4.78 is 4.61. The van der Waals surface area contributed by atoms with E-state index < -0.39 is 0 Å². The lowest BCUT2D eigenvalue weighted by atomic mass is 10.2. The minimum absolute atomic E-state index is 0.0976. The topological polar surface area (TPSA) is 80.5 Å². The van der Waals surface area contributed by atoms with Crippen molar-refractivity contribution >= 4 is 11.9 Å². The largest absolute Gasteiger partial charge is 0.453 e. The molecule has 1 fully saturated rings. The van der Waals surface area contributed by atoms with E-state index in [1.54, 1.807) is 0 Å². The van der Waals surface area contributed by atoms with Crippen LogP contribution >= 0.6 is 0 Å². The molecule has 0 saturated carbocycles.